The van der Waals surface area contributed by atoms with E-state index in [1.54, 1.807) is 0 Å². The molecule has 4 bridgehead atoms. The highest BCUT2D eigenvalue weighted by atomic mass is 16.6. The molecule has 4 aliphatic rings. The molecule has 3 amide bonds. The summed E-state index contributed by atoms with van der Waals surface area (Å²) in [5.74, 6) is 0.918. The first-order valence-corrected chi connectivity index (χ1v) is 8.57. The van der Waals surface area contributed by atoms with Crippen LogP contribution < -0.4 is 10.6 Å². The number of imide groups is 1. The minimum Gasteiger partial charge on any atom is -0.390 e. The van der Waals surface area contributed by atoms with Gasteiger partial charge in [0.25, 0.3) is 5.91 Å². The predicted molar refractivity (Wildman–Crippen MR) is 84.3 cm³/mol. The first-order chi connectivity index (χ1) is 11.9. The number of urea groups is 1. The Kier molecular flexibility index (Phi) is 3.69. The Labute approximate surface area is 143 Å². The monoisotopic (exact) mass is 348 g/mol. The molecule has 10 nitrogen and oxygen atoms in total. The summed E-state index contributed by atoms with van der Waals surface area (Å²) in [5, 5.41) is 19.4. The number of amides is 3. The van der Waals surface area contributed by atoms with Crippen LogP contribution in [0.5, 0.6) is 0 Å². The maximum absolute atomic E-state index is 12.2. The van der Waals surface area contributed by atoms with Crippen molar-refractivity contribution < 1.29 is 14.5 Å². The third-order valence-corrected chi connectivity index (χ3v) is 5.66. The Morgan fingerprint density at radius 3 is 2.36 bits per heavy atom. The smallest absolute Gasteiger partial charge is 0.390 e. The molecule has 0 unspecified atom stereocenters. The molecule has 4 aliphatic carbocycles. The summed E-state index contributed by atoms with van der Waals surface area (Å²) in [7, 11) is 0. The van der Waals surface area contributed by atoms with Crippen LogP contribution in [0.2, 0.25) is 0 Å². The quantitative estimate of drug-likeness (QED) is 0.616. The van der Waals surface area contributed by atoms with Crippen LogP contribution in [0.3, 0.4) is 0 Å². The normalized spacial score (nSPS) is 32.4. The Morgan fingerprint density at radius 2 is 1.84 bits per heavy atom. The first-order valence-electron chi connectivity index (χ1n) is 8.57. The third-order valence-electron chi connectivity index (χ3n) is 5.66. The van der Waals surface area contributed by atoms with E-state index in [0.29, 0.717) is 17.8 Å². The van der Waals surface area contributed by atoms with Crippen molar-refractivity contribution in [2.45, 2.75) is 50.6 Å². The molecule has 4 fully saturated rings. The third kappa shape index (κ3) is 3.20. The number of hydrogen-bond donors (Lipinski definition) is 2. The van der Waals surface area contributed by atoms with Crippen molar-refractivity contribution in [3.8, 4) is 0 Å². The summed E-state index contributed by atoms with van der Waals surface area (Å²) in [6, 6.07) is -0.499. The molecule has 0 aliphatic heterocycles. The van der Waals surface area contributed by atoms with E-state index >= 15 is 0 Å². The molecule has 10 heteroatoms. The van der Waals surface area contributed by atoms with Crippen molar-refractivity contribution in [1.82, 2.24) is 25.4 Å². The fourth-order valence-electron chi connectivity index (χ4n) is 5.29. The molecule has 1 aromatic heterocycles. The van der Waals surface area contributed by atoms with Crippen molar-refractivity contribution in [2.24, 2.45) is 17.8 Å². The van der Waals surface area contributed by atoms with Crippen molar-refractivity contribution in [1.29, 1.82) is 0 Å². The molecular formula is C15H20N6O4. The number of rotatable bonds is 4. The molecule has 1 heterocycles. The fraction of sp³-hybridized carbons (Fsp3) is 0.733. The second kappa shape index (κ2) is 5.78. The van der Waals surface area contributed by atoms with Gasteiger partial charge in [-0.2, -0.15) is 4.68 Å². The Hall–Kier alpha value is -2.52. The molecule has 2 N–H and O–H groups in total. The van der Waals surface area contributed by atoms with Gasteiger partial charge in [-0.1, -0.05) is 4.98 Å². The van der Waals surface area contributed by atoms with Crippen molar-refractivity contribution in [3.63, 3.8) is 0 Å². The highest BCUT2D eigenvalue weighted by molar-refractivity contribution is 5.94. The number of aromatic nitrogens is 3. The lowest BCUT2D eigenvalue weighted by atomic mass is 9.53. The fourth-order valence-corrected chi connectivity index (χ4v) is 5.29. The average molecular weight is 348 g/mol. The number of carbonyl (C=O) groups is 2. The van der Waals surface area contributed by atoms with Crippen LogP contribution in [0, 0.1) is 27.9 Å². The van der Waals surface area contributed by atoms with E-state index in [1.807, 2.05) is 0 Å². The van der Waals surface area contributed by atoms with Gasteiger partial charge in [0.05, 0.1) is 0 Å². The standard InChI is InChI=1S/C15H20N6O4/c22-12(7-20-8-16-13(19-20)21(24)25)17-14(23)18-15-4-9-1-10(5-15)3-11(2-9)6-15/h8-11H,1-7H2,(H2,17,18,22,23). The molecule has 1 aromatic rings. The molecule has 0 atom stereocenters. The Balaban J connectivity index is 1.32. The summed E-state index contributed by atoms with van der Waals surface area (Å²) >= 11 is 0. The van der Waals surface area contributed by atoms with E-state index in [9.17, 15) is 19.7 Å². The molecule has 134 valence electrons. The summed E-state index contributed by atoms with van der Waals surface area (Å²) in [6.07, 6.45) is 7.89. The van der Waals surface area contributed by atoms with E-state index < -0.39 is 22.8 Å². The van der Waals surface area contributed by atoms with Crippen molar-refractivity contribution >= 4 is 17.9 Å². The molecule has 0 spiro atoms. The van der Waals surface area contributed by atoms with Crippen molar-refractivity contribution in [3.05, 3.63) is 16.4 Å². The molecule has 0 aromatic carbocycles. The minimum absolute atomic E-state index is 0.175. The van der Waals surface area contributed by atoms with Crippen LogP contribution in [0.25, 0.3) is 0 Å². The summed E-state index contributed by atoms with van der Waals surface area (Å²) < 4.78 is 1.03. The number of hydrogen-bond acceptors (Lipinski definition) is 6. The van der Waals surface area contributed by atoms with Gasteiger partial charge in [0.2, 0.25) is 6.33 Å². The number of nitrogens with zero attached hydrogens (tertiary/aromatic N) is 4. The van der Waals surface area contributed by atoms with Gasteiger partial charge in [-0.25, -0.2) is 4.79 Å². The molecular weight excluding hydrogens is 328 g/mol. The van der Waals surface area contributed by atoms with Crippen LogP contribution in [-0.4, -0.2) is 37.2 Å². The summed E-state index contributed by atoms with van der Waals surface area (Å²) in [4.78, 5) is 37.5. The van der Waals surface area contributed by atoms with E-state index in [4.69, 9.17) is 0 Å². The predicted octanol–water partition coefficient (Wildman–Crippen LogP) is 0.981. The van der Waals surface area contributed by atoms with Crippen LogP contribution in [0.1, 0.15) is 38.5 Å². The molecule has 0 saturated heterocycles. The van der Waals surface area contributed by atoms with Gasteiger partial charge < -0.3 is 15.4 Å². The van der Waals surface area contributed by atoms with Gasteiger partial charge in [0.1, 0.15) is 6.54 Å². The van der Waals surface area contributed by atoms with Gasteiger partial charge in [0.15, 0.2) is 0 Å². The zero-order valence-corrected chi connectivity index (χ0v) is 13.7. The lowest BCUT2D eigenvalue weighted by Gasteiger charge is -2.56. The van der Waals surface area contributed by atoms with E-state index in [-0.39, 0.29) is 12.1 Å². The van der Waals surface area contributed by atoms with Crippen LogP contribution in [0.15, 0.2) is 6.33 Å². The minimum atomic E-state index is -0.742. The van der Waals surface area contributed by atoms with E-state index in [1.165, 1.54) is 19.3 Å². The van der Waals surface area contributed by atoms with Gasteiger partial charge in [0, 0.05) is 10.6 Å². The second-order valence-electron chi connectivity index (χ2n) is 7.70. The van der Waals surface area contributed by atoms with Crippen molar-refractivity contribution in [2.75, 3.05) is 0 Å². The lowest BCUT2D eigenvalue weighted by Crippen LogP contribution is -2.62. The molecule has 4 saturated carbocycles. The number of nitrogens with one attached hydrogen (secondary N) is 2. The molecule has 5 rings (SSSR count). The average Bonchev–Trinajstić information content (AvgIpc) is 2.93. The topological polar surface area (TPSA) is 132 Å². The van der Waals surface area contributed by atoms with E-state index in [0.717, 1.165) is 30.3 Å². The maximum atomic E-state index is 12.2. The zero-order valence-electron chi connectivity index (χ0n) is 13.7. The van der Waals surface area contributed by atoms with Gasteiger partial charge in [-0.05, 0) is 61.2 Å². The van der Waals surface area contributed by atoms with Gasteiger partial charge in [-0.15, -0.1) is 0 Å². The SMILES string of the molecule is O=C(Cn1cnc([N+](=O)[O-])n1)NC(=O)NC12CC3CC(CC(C3)C1)C2. The summed E-state index contributed by atoms with van der Waals surface area (Å²) in [5.41, 5.74) is -0.175. The van der Waals surface area contributed by atoms with Crippen LogP contribution >= 0.6 is 0 Å². The molecule has 0 radical (unpaired) electrons. The van der Waals surface area contributed by atoms with E-state index in [2.05, 4.69) is 20.7 Å². The Morgan fingerprint density at radius 1 is 1.24 bits per heavy atom. The second-order valence-corrected chi connectivity index (χ2v) is 7.70. The van der Waals surface area contributed by atoms with Gasteiger partial charge in [-0.3, -0.25) is 10.1 Å². The maximum Gasteiger partial charge on any atom is 0.490 e. The first kappa shape index (κ1) is 16.0. The van der Waals surface area contributed by atoms with Gasteiger partial charge >= 0.3 is 12.0 Å². The zero-order chi connectivity index (χ0) is 17.6. The summed E-state index contributed by atoms with van der Waals surface area (Å²) in [6.45, 7) is -0.296. The Bertz CT molecular complexity index is 694. The van der Waals surface area contributed by atoms with Crippen LogP contribution in [0.4, 0.5) is 10.7 Å². The highest BCUT2D eigenvalue weighted by Crippen LogP contribution is 2.55. The largest absolute Gasteiger partial charge is 0.490 e. The van der Waals surface area contributed by atoms with Crippen LogP contribution in [-0.2, 0) is 11.3 Å². The number of nitro groups is 1. The lowest BCUT2D eigenvalue weighted by molar-refractivity contribution is -0.394. The highest BCUT2D eigenvalue weighted by Gasteiger charge is 2.51. The molecule has 25 heavy (non-hydrogen) atoms. The number of carbonyl (C=O) groups excluding carboxylic acids is 2.